The minimum absolute atomic E-state index is 0.0197. The Morgan fingerprint density at radius 1 is 1.24 bits per heavy atom. The number of aromatic amines is 1. The third kappa shape index (κ3) is 4.27. The smallest absolute Gasteiger partial charge is 0.266 e. The number of aromatic nitrogens is 7. The van der Waals surface area contributed by atoms with Gasteiger partial charge in [-0.05, 0) is 36.3 Å². The molecule has 1 aliphatic heterocycles. The molecule has 1 aliphatic rings. The number of amides is 1. The highest BCUT2D eigenvalue weighted by molar-refractivity contribution is 5.99. The summed E-state index contributed by atoms with van der Waals surface area (Å²) in [6.07, 6.45) is -0.399. The highest BCUT2D eigenvalue weighted by Crippen LogP contribution is 2.32. The van der Waals surface area contributed by atoms with Crippen molar-refractivity contribution in [3.8, 4) is 0 Å². The van der Waals surface area contributed by atoms with E-state index in [1.54, 1.807) is 6.92 Å². The third-order valence-electron chi connectivity index (χ3n) is 6.54. The Bertz CT molecular complexity index is 1520. The molecule has 14 heteroatoms. The van der Waals surface area contributed by atoms with Gasteiger partial charge in [0.2, 0.25) is 0 Å². The molecular weight excluding hydrogens is 491 g/mol. The molecule has 2 atom stereocenters. The second-order valence-electron chi connectivity index (χ2n) is 8.74. The Morgan fingerprint density at radius 3 is 2.76 bits per heavy atom. The summed E-state index contributed by atoms with van der Waals surface area (Å²) in [5.74, 6) is -0.876. The molecule has 1 fully saturated rings. The molecule has 4 aromatic rings. The molecule has 192 valence electrons. The van der Waals surface area contributed by atoms with Gasteiger partial charge in [-0.15, -0.1) is 5.10 Å². The first-order valence-corrected chi connectivity index (χ1v) is 11.5. The van der Waals surface area contributed by atoms with Crippen molar-refractivity contribution in [3.63, 3.8) is 0 Å². The molecule has 0 bridgehead atoms. The summed E-state index contributed by atoms with van der Waals surface area (Å²) >= 11 is 0. The van der Waals surface area contributed by atoms with E-state index in [-0.39, 0.29) is 22.6 Å². The molecule has 1 aromatic carbocycles. The van der Waals surface area contributed by atoms with Crippen LogP contribution >= 0.6 is 0 Å². The number of tetrazole rings is 1. The lowest BCUT2D eigenvalue weighted by molar-refractivity contribution is 0.0727. The van der Waals surface area contributed by atoms with Crippen molar-refractivity contribution in [3.05, 3.63) is 69.3 Å². The maximum atomic E-state index is 14.7. The van der Waals surface area contributed by atoms with Gasteiger partial charge in [-0.25, -0.2) is 28.2 Å². The van der Waals surface area contributed by atoms with Gasteiger partial charge in [0, 0.05) is 19.2 Å². The van der Waals surface area contributed by atoms with Crippen LogP contribution in [0.2, 0.25) is 0 Å². The first kappa shape index (κ1) is 24.3. The molecule has 1 saturated heterocycles. The van der Waals surface area contributed by atoms with Crippen LogP contribution in [0.3, 0.4) is 0 Å². The fraction of sp³-hybridized carbons (Fsp3) is 0.348. The van der Waals surface area contributed by atoms with Crippen LogP contribution in [0.1, 0.15) is 65.6 Å². The highest BCUT2D eigenvalue weighted by atomic mass is 19.3. The number of benzene rings is 1. The predicted octanol–water partition coefficient (Wildman–Crippen LogP) is 3.07. The Kier molecular flexibility index (Phi) is 6.31. The lowest BCUT2D eigenvalue weighted by Gasteiger charge is -2.23. The number of rotatable bonds is 6. The van der Waals surface area contributed by atoms with Crippen molar-refractivity contribution in [2.45, 2.75) is 38.3 Å². The van der Waals surface area contributed by atoms with E-state index in [9.17, 15) is 22.8 Å². The number of aryl methyl sites for hydroxylation is 1. The number of halogens is 3. The van der Waals surface area contributed by atoms with E-state index in [4.69, 9.17) is 0 Å². The van der Waals surface area contributed by atoms with Gasteiger partial charge in [0.15, 0.2) is 5.82 Å². The molecule has 5 rings (SSSR count). The van der Waals surface area contributed by atoms with E-state index in [1.165, 1.54) is 41.0 Å². The van der Waals surface area contributed by atoms with Crippen molar-refractivity contribution < 1.29 is 18.0 Å². The molecule has 3 aromatic heterocycles. The molecule has 4 heterocycles. The SMILES string of the molecule is C[C@@H](Nc1ncnc2c1cc(C(=O)N1CCC[C@@H]1c1nnn[nH]1)c(=O)n2C)c1cccc(C(F)F)c1F. The molecule has 0 aliphatic carbocycles. The maximum Gasteiger partial charge on any atom is 0.266 e. The van der Waals surface area contributed by atoms with Crippen LogP contribution in [-0.4, -0.2) is 52.5 Å². The summed E-state index contributed by atoms with van der Waals surface area (Å²) in [6, 6.07) is 4.01. The summed E-state index contributed by atoms with van der Waals surface area (Å²) < 4.78 is 42.4. The molecular formula is C23H22F3N9O2. The molecule has 0 unspecified atom stereocenters. The molecule has 11 nitrogen and oxygen atoms in total. The monoisotopic (exact) mass is 513 g/mol. The molecule has 0 radical (unpaired) electrons. The molecule has 0 spiro atoms. The lowest BCUT2D eigenvalue weighted by Crippen LogP contribution is -2.36. The Balaban J connectivity index is 1.53. The topological polar surface area (TPSA) is 135 Å². The number of fused-ring (bicyclic) bond motifs is 1. The van der Waals surface area contributed by atoms with Crippen LogP contribution in [0.5, 0.6) is 0 Å². The van der Waals surface area contributed by atoms with Gasteiger partial charge in [0.25, 0.3) is 17.9 Å². The molecule has 1 amide bonds. The number of pyridine rings is 1. The van der Waals surface area contributed by atoms with E-state index in [0.717, 1.165) is 6.07 Å². The number of carbonyl (C=O) groups is 1. The first-order valence-electron chi connectivity index (χ1n) is 11.5. The average molecular weight is 513 g/mol. The number of nitrogens with one attached hydrogen (secondary N) is 2. The Labute approximate surface area is 207 Å². The number of hydrogen-bond donors (Lipinski definition) is 2. The van der Waals surface area contributed by atoms with Gasteiger partial charge in [-0.2, -0.15) is 0 Å². The van der Waals surface area contributed by atoms with Crippen LogP contribution in [0, 0.1) is 5.82 Å². The number of likely N-dealkylation sites (tertiary alicyclic amines) is 1. The molecule has 2 N–H and O–H groups in total. The standard InChI is InChI=1S/C23H22F3N9O2/c1-11(12-5-3-6-13(17(12)24)18(25)26)29-19-14-9-15(22(36)34(2)21(14)28-10-27-19)23(37)35-8-4-7-16(35)20-30-32-33-31-20/h3,5-6,9-11,16,18H,4,7-8H2,1-2H3,(H,27,28,29)(H,30,31,32,33)/t11-,16-/m1/s1. The van der Waals surface area contributed by atoms with Crippen LogP contribution in [0.15, 0.2) is 35.4 Å². The quantitative estimate of drug-likeness (QED) is 0.402. The summed E-state index contributed by atoms with van der Waals surface area (Å²) in [4.78, 5) is 36.6. The number of H-pyrrole nitrogens is 1. The predicted molar refractivity (Wildman–Crippen MR) is 125 cm³/mol. The van der Waals surface area contributed by atoms with Crippen molar-refractivity contribution in [1.29, 1.82) is 0 Å². The van der Waals surface area contributed by atoms with Crippen LogP contribution in [-0.2, 0) is 7.05 Å². The number of nitrogens with zero attached hydrogens (tertiary/aromatic N) is 7. The second kappa shape index (κ2) is 9.59. The van der Waals surface area contributed by atoms with Gasteiger partial charge in [-0.3, -0.25) is 14.2 Å². The zero-order valence-electron chi connectivity index (χ0n) is 19.8. The van der Waals surface area contributed by atoms with Gasteiger partial charge in [0.05, 0.1) is 23.0 Å². The van der Waals surface area contributed by atoms with E-state index in [1.807, 2.05) is 0 Å². The third-order valence-corrected chi connectivity index (χ3v) is 6.54. The van der Waals surface area contributed by atoms with Crippen LogP contribution in [0.25, 0.3) is 11.0 Å². The number of alkyl halides is 2. The largest absolute Gasteiger partial charge is 0.363 e. The van der Waals surface area contributed by atoms with Crippen molar-refractivity contribution in [1.82, 2.24) is 40.1 Å². The van der Waals surface area contributed by atoms with Gasteiger partial charge in [-0.1, -0.05) is 18.2 Å². The van der Waals surface area contributed by atoms with Crippen molar-refractivity contribution in [2.24, 2.45) is 7.05 Å². The summed E-state index contributed by atoms with van der Waals surface area (Å²) in [6.45, 7) is 2.01. The van der Waals surface area contributed by atoms with Crippen molar-refractivity contribution in [2.75, 3.05) is 11.9 Å². The number of carbonyl (C=O) groups excluding carboxylic acids is 1. The van der Waals surface area contributed by atoms with E-state index in [0.29, 0.717) is 30.6 Å². The average Bonchev–Trinajstić information content (AvgIpc) is 3.58. The summed E-state index contributed by atoms with van der Waals surface area (Å²) in [7, 11) is 1.48. The zero-order chi connectivity index (χ0) is 26.3. The van der Waals surface area contributed by atoms with Crippen LogP contribution in [0.4, 0.5) is 19.0 Å². The van der Waals surface area contributed by atoms with Gasteiger partial charge < -0.3 is 10.2 Å². The molecule has 0 saturated carbocycles. The van der Waals surface area contributed by atoms with Gasteiger partial charge in [0.1, 0.15) is 29.2 Å². The fourth-order valence-corrected chi connectivity index (χ4v) is 4.65. The van der Waals surface area contributed by atoms with E-state index < -0.39 is 41.4 Å². The van der Waals surface area contributed by atoms with E-state index in [2.05, 4.69) is 35.9 Å². The summed E-state index contributed by atoms with van der Waals surface area (Å²) in [5.41, 5.74) is -1.09. The highest BCUT2D eigenvalue weighted by Gasteiger charge is 2.34. The molecule has 37 heavy (non-hydrogen) atoms. The summed E-state index contributed by atoms with van der Waals surface area (Å²) in [5, 5.41) is 17.1. The number of anilines is 1. The zero-order valence-corrected chi connectivity index (χ0v) is 19.8. The van der Waals surface area contributed by atoms with Crippen LogP contribution < -0.4 is 10.9 Å². The van der Waals surface area contributed by atoms with E-state index >= 15 is 0 Å². The van der Waals surface area contributed by atoms with Gasteiger partial charge >= 0.3 is 0 Å². The Morgan fingerprint density at radius 2 is 2.03 bits per heavy atom. The fourth-order valence-electron chi connectivity index (χ4n) is 4.65. The maximum absolute atomic E-state index is 14.7. The van der Waals surface area contributed by atoms with Crippen molar-refractivity contribution >= 4 is 22.8 Å². The number of hydrogen-bond acceptors (Lipinski definition) is 8. The minimum Gasteiger partial charge on any atom is -0.363 e. The Hall–Kier alpha value is -4.36. The second-order valence-corrected chi connectivity index (χ2v) is 8.74. The first-order chi connectivity index (χ1) is 17.8. The normalized spacial score (nSPS) is 16.5. The minimum atomic E-state index is -2.96. The lowest BCUT2D eigenvalue weighted by atomic mass is 10.0.